The van der Waals surface area contributed by atoms with E-state index in [1.54, 1.807) is 6.20 Å². The van der Waals surface area contributed by atoms with E-state index in [1.807, 2.05) is 4.90 Å². The summed E-state index contributed by atoms with van der Waals surface area (Å²) in [6.07, 6.45) is 4.95. The molecule has 4 nitrogen and oxygen atoms in total. The second-order valence-electron chi connectivity index (χ2n) is 6.61. The molecule has 0 amide bonds. The largest absolute Gasteiger partial charge is 0.356 e. The van der Waals surface area contributed by atoms with Crippen molar-refractivity contribution in [2.24, 2.45) is 5.92 Å². The highest BCUT2D eigenvalue weighted by Gasteiger charge is 2.27. The molecule has 0 unspecified atom stereocenters. The van der Waals surface area contributed by atoms with Gasteiger partial charge in [-0.3, -0.25) is 4.40 Å². The zero-order valence-electron chi connectivity index (χ0n) is 14.0. The number of benzene rings is 1. The van der Waals surface area contributed by atoms with Crippen LogP contribution in [0.2, 0.25) is 5.15 Å². The number of rotatable bonds is 2. The summed E-state index contributed by atoms with van der Waals surface area (Å²) in [5, 5.41) is 0.0885. The molecule has 3 aromatic rings. The smallest absolute Gasteiger partial charge is 0.236 e. The van der Waals surface area contributed by atoms with E-state index >= 15 is 0 Å². The summed E-state index contributed by atoms with van der Waals surface area (Å²) in [4.78, 5) is 10.6. The van der Waals surface area contributed by atoms with Crippen LogP contribution >= 0.6 is 11.6 Å². The van der Waals surface area contributed by atoms with Gasteiger partial charge in [-0.15, -0.1) is 0 Å². The Hall–Kier alpha value is -2.28. The average molecular weight is 381 g/mol. The molecule has 0 aliphatic carbocycles. The molecule has 1 aliphatic heterocycles. The van der Waals surface area contributed by atoms with Gasteiger partial charge in [0.05, 0.1) is 11.1 Å². The molecule has 136 valence electrons. The number of aromatic nitrogens is 3. The third kappa shape index (κ3) is 2.80. The summed E-state index contributed by atoms with van der Waals surface area (Å²) in [6.45, 7) is 3.55. The van der Waals surface area contributed by atoms with E-state index in [4.69, 9.17) is 11.6 Å². The van der Waals surface area contributed by atoms with Gasteiger partial charge in [-0.05, 0) is 18.8 Å². The first-order chi connectivity index (χ1) is 12.5. The molecule has 0 saturated carbocycles. The first kappa shape index (κ1) is 17.1. The van der Waals surface area contributed by atoms with E-state index in [9.17, 15) is 13.2 Å². The van der Waals surface area contributed by atoms with Gasteiger partial charge in [-0.25, -0.2) is 18.2 Å². The minimum atomic E-state index is -1.02. The first-order valence-corrected chi connectivity index (χ1v) is 8.76. The predicted molar refractivity (Wildman–Crippen MR) is 93.9 cm³/mol. The molecule has 26 heavy (non-hydrogen) atoms. The molecule has 1 aliphatic rings. The van der Waals surface area contributed by atoms with E-state index in [-0.39, 0.29) is 16.3 Å². The van der Waals surface area contributed by atoms with Gasteiger partial charge >= 0.3 is 0 Å². The topological polar surface area (TPSA) is 33.4 Å². The highest BCUT2D eigenvalue weighted by Crippen LogP contribution is 2.40. The number of hydrogen-bond acceptors (Lipinski definition) is 3. The van der Waals surface area contributed by atoms with Gasteiger partial charge < -0.3 is 4.90 Å². The number of halogens is 4. The van der Waals surface area contributed by atoms with Crippen LogP contribution in [0.4, 0.5) is 19.0 Å². The van der Waals surface area contributed by atoms with Crippen molar-refractivity contribution in [3.8, 4) is 11.1 Å². The Morgan fingerprint density at radius 3 is 2.38 bits per heavy atom. The van der Waals surface area contributed by atoms with Crippen LogP contribution in [0.3, 0.4) is 0 Å². The Kier molecular flexibility index (Phi) is 4.26. The van der Waals surface area contributed by atoms with Crippen LogP contribution < -0.4 is 4.90 Å². The van der Waals surface area contributed by atoms with Gasteiger partial charge in [-0.2, -0.15) is 4.98 Å². The van der Waals surface area contributed by atoms with Crippen LogP contribution in [0.25, 0.3) is 16.9 Å². The van der Waals surface area contributed by atoms with Crippen LogP contribution in [0.5, 0.6) is 0 Å². The molecule has 0 bridgehead atoms. The molecule has 1 saturated heterocycles. The number of piperidine rings is 1. The molecule has 2 aromatic heterocycles. The van der Waals surface area contributed by atoms with Crippen LogP contribution in [-0.4, -0.2) is 27.5 Å². The van der Waals surface area contributed by atoms with Gasteiger partial charge in [0, 0.05) is 37.6 Å². The SMILES string of the molecule is CC1CCN(c2nc3nccn3c(Cl)c2-c2c(F)cc(F)cc2F)CC1. The van der Waals surface area contributed by atoms with E-state index in [1.165, 1.54) is 10.6 Å². The fourth-order valence-corrected chi connectivity index (χ4v) is 3.65. The number of nitrogens with zero attached hydrogens (tertiary/aromatic N) is 4. The lowest BCUT2D eigenvalue weighted by Crippen LogP contribution is -2.34. The van der Waals surface area contributed by atoms with Crippen molar-refractivity contribution in [2.45, 2.75) is 19.8 Å². The summed E-state index contributed by atoms with van der Waals surface area (Å²) >= 11 is 6.48. The lowest BCUT2D eigenvalue weighted by Gasteiger charge is -2.32. The molecule has 1 fully saturated rings. The van der Waals surface area contributed by atoms with Crippen molar-refractivity contribution in [3.05, 3.63) is 47.1 Å². The van der Waals surface area contributed by atoms with Gasteiger partial charge in [0.1, 0.15) is 28.4 Å². The average Bonchev–Trinajstić information content (AvgIpc) is 3.05. The minimum absolute atomic E-state index is 0.0885. The fraction of sp³-hybridized carbons (Fsp3) is 0.333. The highest BCUT2D eigenvalue weighted by atomic mass is 35.5. The van der Waals surface area contributed by atoms with Crippen LogP contribution in [0, 0.1) is 23.4 Å². The standard InChI is InChI=1S/C18H16ClF3N4/c1-10-2-5-25(6-3-10)17-15(14-12(21)8-11(20)9-13(14)22)16(19)26-7-4-23-18(26)24-17/h4,7-10H,2-3,5-6H2,1H3. The summed E-state index contributed by atoms with van der Waals surface area (Å²) in [7, 11) is 0. The summed E-state index contributed by atoms with van der Waals surface area (Å²) < 4.78 is 43.8. The van der Waals surface area contributed by atoms with Crippen LogP contribution in [-0.2, 0) is 0 Å². The number of imidazole rings is 1. The van der Waals surface area contributed by atoms with Gasteiger partial charge in [0.15, 0.2) is 0 Å². The molecule has 0 atom stereocenters. The zero-order chi connectivity index (χ0) is 18.4. The van der Waals surface area contributed by atoms with Crippen molar-refractivity contribution in [3.63, 3.8) is 0 Å². The Balaban J connectivity index is 1.98. The maximum absolute atomic E-state index is 14.5. The predicted octanol–water partition coefficient (Wildman–Crippen LogP) is 4.70. The quantitative estimate of drug-likeness (QED) is 0.604. The highest BCUT2D eigenvalue weighted by molar-refractivity contribution is 6.33. The second kappa shape index (κ2) is 6.46. The summed E-state index contributed by atoms with van der Waals surface area (Å²) in [6, 6.07) is 1.30. The molecular formula is C18H16ClF3N4. The monoisotopic (exact) mass is 380 g/mol. The van der Waals surface area contributed by atoms with E-state index in [0.29, 0.717) is 42.7 Å². The molecule has 0 radical (unpaired) electrons. The Bertz CT molecular complexity index is 957. The van der Waals surface area contributed by atoms with Gasteiger partial charge in [0.2, 0.25) is 5.78 Å². The van der Waals surface area contributed by atoms with E-state index < -0.39 is 17.5 Å². The molecule has 0 N–H and O–H groups in total. The maximum atomic E-state index is 14.5. The molecule has 3 heterocycles. The number of fused-ring (bicyclic) bond motifs is 1. The van der Waals surface area contributed by atoms with Crippen molar-refractivity contribution in [1.82, 2.24) is 14.4 Å². The molecule has 8 heteroatoms. The Morgan fingerprint density at radius 2 is 1.73 bits per heavy atom. The second-order valence-corrected chi connectivity index (χ2v) is 6.97. The molecule has 1 aromatic carbocycles. The van der Waals surface area contributed by atoms with E-state index in [2.05, 4.69) is 16.9 Å². The third-order valence-corrected chi connectivity index (χ3v) is 5.18. The fourth-order valence-electron chi connectivity index (χ4n) is 3.34. The van der Waals surface area contributed by atoms with Gasteiger partial charge in [0.25, 0.3) is 0 Å². The van der Waals surface area contributed by atoms with E-state index in [0.717, 1.165) is 12.8 Å². The lowest BCUT2D eigenvalue weighted by atomic mass is 9.98. The zero-order valence-corrected chi connectivity index (χ0v) is 14.8. The van der Waals surface area contributed by atoms with Crippen LogP contribution in [0.15, 0.2) is 24.5 Å². The third-order valence-electron chi connectivity index (χ3n) is 4.81. The van der Waals surface area contributed by atoms with Crippen molar-refractivity contribution in [2.75, 3.05) is 18.0 Å². The number of hydrogen-bond donors (Lipinski definition) is 0. The molecular weight excluding hydrogens is 365 g/mol. The minimum Gasteiger partial charge on any atom is -0.356 e. The molecule has 0 spiro atoms. The van der Waals surface area contributed by atoms with Crippen molar-refractivity contribution in [1.29, 1.82) is 0 Å². The van der Waals surface area contributed by atoms with Crippen molar-refractivity contribution >= 4 is 23.2 Å². The van der Waals surface area contributed by atoms with Crippen molar-refractivity contribution < 1.29 is 13.2 Å². The normalized spacial score (nSPS) is 15.8. The lowest BCUT2D eigenvalue weighted by molar-refractivity contribution is 0.436. The Morgan fingerprint density at radius 1 is 1.08 bits per heavy atom. The maximum Gasteiger partial charge on any atom is 0.236 e. The summed E-state index contributed by atoms with van der Waals surface area (Å²) in [5.74, 6) is -1.74. The van der Waals surface area contributed by atoms with Gasteiger partial charge in [-0.1, -0.05) is 18.5 Å². The first-order valence-electron chi connectivity index (χ1n) is 8.38. The molecule has 4 rings (SSSR count). The van der Waals surface area contributed by atoms with Crippen LogP contribution in [0.1, 0.15) is 19.8 Å². The number of anilines is 1. The summed E-state index contributed by atoms with van der Waals surface area (Å²) in [5.41, 5.74) is -0.269. The Labute approximate surface area is 153 Å².